The van der Waals surface area contributed by atoms with Crippen molar-refractivity contribution in [3.8, 4) is 11.5 Å². The van der Waals surface area contributed by atoms with E-state index >= 15 is 0 Å². The lowest BCUT2D eigenvalue weighted by molar-refractivity contribution is 0.171. The topological polar surface area (TPSA) is 67.9 Å². The molecule has 6 nitrogen and oxygen atoms in total. The number of nitrogens with zero attached hydrogens (tertiary/aromatic N) is 1. The van der Waals surface area contributed by atoms with Gasteiger partial charge in [-0.1, -0.05) is 6.92 Å². The van der Waals surface area contributed by atoms with Crippen LogP contribution in [-0.2, 0) is 10.0 Å². The van der Waals surface area contributed by atoms with Crippen molar-refractivity contribution in [3.63, 3.8) is 0 Å². The zero-order chi connectivity index (χ0) is 16.4. The first-order valence-corrected chi connectivity index (χ1v) is 10.1. The summed E-state index contributed by atoms with van der Waals surface area (Å²) in [5, 5.41) is 0. The maximum Gasteiger partial charge on any atom is 0.241 e. The molecule has 1 saturated heterocycles. The molecule has 0 aliphatic carbocycles. The third-order valence-corrected chi connectivity index (χ3v) is 6.68. The van der Waals surface area contributed by atoms with Gasteiger partial charge in [-0.2, -0.15) is 0 Å². The summed E-state index contributed by atoms with van der Waals surface area (Å²) in [6.07, 6.45) is 2.15. The van der Waals surface area contributed by atoms with Crippen LogP contribution in [0.5, 0.6) is 11.5 Å². The van der Waals surface area contributed by atoms with Gasteiger partial charge in [0.2, 0.25) is 10.0 Å². The average molecular weight is 405 g/mol. The van der Waals surface area contributed by atoms with Crippen LogP contribution in [0.15, 0.2) is 21.5 Å². The van der Waals surface area contributed by atoms with Crippen molar-refractivity contribution in [1.82, 2.24) is 9.62 Å². The minimum Gasteiger partial charge on any atom is -0.486 e. The number of ether oxygens (including phenoxy) is 2. The molecule has 2 aliphatic heterocycles. The number of halogens is 1. The minimum absolute atomic E-state index is 0.183. The van der Waals surface area contributed by atoms with Gasteiger partial charge in [0.05, 0.1) is 0 Å². The Hall–Kier alpha value is -0.830. The van der Waals surface area contributed by atoms with Crippen molar-refractivity contribution in [3.05, 3.63) is 16.6 Å². The minimum atomic E-state index is -3.60. The lowest BCUT2D eigenvalue weighted by Crippen LogP contribution is -2.40. The maximum atomic E-state index is 12.6. The van der Waals surface area contributed by atoms with E-state index in [9.17, 15) is 8.42 Å². The van der Waals surface area contributed by atoms with E-state index in [1.165, 1.54) is 6.07 Å². The molecule has 2 heterocycles. The summed E-state index contributed by atoms with van der Waals surface area (Å²) in [4.78, 5) is 2.49. The van der Waals surface area contributed by atoms with E-state index < -0.39 is 10.0 Å². The van der Waals surface area contributed by atoms with Crippen LogP contribution in [0, 0.1) is 0 Å². The standard InChI is InChI=1S/C15H21BrN2O4S/c1-2-18-5-3-4-11(18)10-17-23(19,20)15-9-14-13(8-12(15)16)21-6-7-22-14/h8-9,11,17H,2-7,10H2,1H3/t11-/m1/s1. The van der Waals surface area contributed by atoms with E-state index in [0.717, 1.165) is 25.9 Å². The van der Waals surface area contributed by atoms with Gasteiger partial charge < -0.3 is 9.47 Å². The molecule has 1 fully saturated rings. The van der Waals surface area contributed by atoms with E-state index in [4.69, 9.17) is 9.47 Å². The summed E-state index contributed by atoms with van der Waals surface area (Å²) in [5.74, 6) is 1.03. The van der Waals surface area contributed by atoms with Crippen LogP contribution in [0.2, 0.25) is 0 Å². The third-order valence-electron chi connectivity index (χ3n) is 4.30. The molecule has 0 unspecified atom stereocenters. The summed E-state index contributed by atoms with van der Waals surface area (Å²) in [6.45, 7) is 5.41. The van der Waals surface area contributed by atoms with Gasteiger partial charge in [0.1, 0.15) is 18.1 Å². The molecule has 0 spiro atoms. The van der Waals surface area contributed by atoms with Gasteiger partial charge in [-0.15, -0.1) is 0 Å². The van der Waals surface area contributed by atoms with Gasteiger partial charge in [-0.05, 0) is 47.9 Å². The van der Waals surface area contributed by atoms with Gasteiger partial charge in [0.25, 0.3) is 0 Å². The number of likely N-dealkylation sites (tertiary alicyclic amines) is 1. The van der Waals surface area contributed by atoms with Crippen LogP contribution < -0.4 is 14.2 Å². The number of nitrogens with one attached hydrogen (secondary N) is 1. The predicted molar refractivity (Wildman–Crippen MR) is 90.6 cm³/mol. The summed E-state index contributed by atoms with van der Waals surface area (Å²) >= 11 is 3.33. The number of likely N-dealkylation sites (N-methyl/N-ethyl adjacent to an activating group) is 1. The van der Waals surface area contributed by atoms with E-state index in [1.54, 1.807) is 6.07 Å². The molecule has 0 bridgehead atoms. The second kappa shape index (κ2) is 6.96. The second-order valence-corrected chi connectivity index (χ2v) is 8.29. The quantitative estimate of drug-likeness (QED) is 0.812. The Bertz CT molecular complexity index is 680. The zero-order valence-corrected chi connectivity index (χ0v) is 15.5. The van der Waals surface area contributed by atoms with Gasteiger partial charge in [0.15, 0.2) is 11.5 Å². The highest BCUT2D eigenvalue weighted by Gasteiger charge is 2.27. The van der Waals surface area contributed by atoms with Crippen molar-refractivity contribution in [2.75, 3.05) is 32.8 Å². The van der Waals surface area contributed by atoms with Gasteiger partial charge in [-0.25, -0.2) is 13.1 Å². The number of sulfonamides is 1. The van der Waals surface area contributed by atoms with Crippen molar-refractivity contribution >= 4 is 26.0 Å². The molecule has 0 amide bonds. The molecule has 3 rings (SSSR count). The highest BCUT2D eigenvalue weighted by atomic mass is 79.9. The second-order valence-electron chi connectivity index (χ2n) is 5.70. The highest BCUT2D eigenvalue weighted by molar-refractivity contribution is 9.10. The Morgan fingerprint density at radius 3 is 2.70 bits per heavy atom. The Morgan fingerprint density at radius 1 is 1.30 bits per heavy atom. The lowest BCUT2D eigenvalue weighted by atomic mass is 10.2. The molecule has 1 N–H and O–H groups in total. The summed E-state index contributed by atoms with van der Waals surface area (Å²) in [7, 11) is -3.60. The first kappa shape index (κ1) is 17.0. The largest absolute Gasteiger partial charge is 0.486 e. The first-order valence-electron chi connectivity index (χ1n) is 7.84. The third kappa shape index (κ3) is 3.65. The molecule has 0 aromatic heterocycles. The van der Waals surface area contributed by atoms with Crippen LogP contribution in [-0.4, -0.2) is 52.2 Å². The number of rotatable bonds is 5. The fraction of sp³-hybridized carbons (Fsp3) is 0.600. The number of hydrogen-bond donors (Lipinski definition) is 1. The van der Waals surface area contributed by atoms with E-state index in [-0.39, 0.29) is 10.9 Å². The summed E-state index contributed by atoms with van der Waals surface area (Å²) in [5.41, 5.74) is 0. The number of hydrogen-bond acceptors (Lipinski definition) is 5. The van der Waals surface area contributed by atoms with Crippen LogP contribution >= 0.6 is 15.9 Å². The molecule has 128 valence electrons. The highest BCUT2D eigenvalue weighted by Crippen LogP contribution is 2.37. The predicted octanol–water partition coefficient (Wildman–Crippen LogP) is 1.98. The van der Waals surface area contributed by atoms with Crippen molar-refractivity contribution in [1.29, 1.82) is 0 Å². The van der Waals surface area contributed by atoms with E-state index in [2.05, 4.69) is 32.5 Å². The lowest BCUT2D eigenvalue weighted by Gasteiger charge is -2.23. The van der Waals surface area contributed by atoms with Crippen LogP contribution in [0.1, 0.15) is 19.8 Å². The Balaban J connectivity index is 1.77. The van der Waals surface area contributed by atoms with E-state index in [0.29, 0.717) is 35.7 Å². The summed E-state index contributed by atoms with van der Waals surface area (Å²) < 4.78 is 39.4. The van der Waals surface area contributed by atoms with Crippen molar-refractivity contribution in [2.45, 2.75) is 30.7 Å². The average Bonchev–Trinajstić information content (AvgIpc) is 3.00. The molecule has 1 aromatic rings. The summed E-state index contributed by atoms with van der Waals surface area (Å²) in [6, 6.07) is 3.44. The Labute approximate surface area is 145 Å². The van der Waals surface area contributed by atoms with Crippen molar-refractivity contribution < 1.29 is 17.9 Å². The molecule has 0 radical (unpaired) electrons. The number of fused-ring (bicyclic) bond motifs is 1. The molecule has 1 aromatic carbocycles. The molecule has 23 heavy (non-hydrogen) atoms. The SMILES string of the molecule is CCN1CCC[C@@H]1CNS(=O)(=O)c1cc2c(cc1Br)OCCO2. The van der Waals surface area contributed by atoms with Gasteiger partial charge in [-0.3, -0.25) is 4.90 Å². The number of benzene rings is 1. The van der Waals surface area contributed by atoms with Crippen LogP contribution in [0.3, 0.4) is 0 Å². The molecular formula is C15H21BrN2O4S. The van der Waals surface area contributed by atoms with E-state index in [1.807, 2.05) is 0 Å². The molecule has 1 atom stereocenters. The zero-order valence-electron chi connectivity index (χ0n) is 13.0. The molecule has 0 saturated carbocycles. The molecule has 8 heteroatoms. The van der Waals surface area contributed by atoms with Crippen LogP contribution in [0.4, 0.5) is 0 Å². The first-order chi connectivity index (χ1) is 11.0. The monoisotopic (exact) mass is 404 g/mol. The Morgan fingerprint density at radius 2 is 2.00 bits per heavy atom. The fourth-order valence-electron chi connectivity index (χ4n) is 3.08. The normalized spacial score (nSPS) is 21.6. The molecular weight excluding hydrogens is 384 g/mol. The smallest absolute Gasteiger partial charge is 0.241 e. The van der Waals surface area contributed by atoms with Gasteiger partial charge >= 0.3 is 0 Å². The van der Waals surface area contributed by atoms with Crippen LogP contribution in [0.25, 0.3) is 0 Å². The van der Waals surface area contributed by atoms with Gasteiger partial charge in [0, 0.05) is 23.1 Å². The maximum absolute atomic E-state index is 12.6. The van der Waals surface area contributed by atoms with Crippen molar-refractivity contribution in [2.24, 2.45) is 0 Å². The molecule has 2 aliphatic rings. The fourth-order valence-corrected chi connectivity index (χ4v) is 5.18. The Kier molecular flexibility index (Phi) is 5.15.